The molecule has 0 saturated carbocycles. The average molecular weight is 283 g/mol. The Hall–Kier alpha value is -2.56. The van der Waals surface area contributed by atoms with Gasteiger partial charge in [0.1, 0.15) is 11.4 Å². The average Bonchev–Trinajstić information content (AvgIpc) is 2.69. The van der Waals surface area contributed by atoms with Gasteiger partial charge in [0, 0.05) is 12.2 Å². The molecule has 0 aliphatic carbocycles. The Balaban J connectivity index is 2.14. The summed E-state index contributed by atoms with van der Waals surface area (Å²) in [5.41, 5.74) is 8.45. The maximum atomic E-state index is 11.5. The summed E-state index contributed by atoms with van der Waals surface area (Å²) >= 11 is 0. The molecule has 3 rings (SSSR count). The molecule has 0 unspecified atom stereocenters. The minimum Gasteiger partial charge on any atom is -0.478 e. The number of para-hydroxylation sites is 1. The van der Waals surface area contributed by atoms with Crippen molar-refractivity contribution in [3.05, 3.63) is 47.7 Å². The fraction of sp³-hybridized carbons (Fsp3) is 0.250. The van der Waals surface area contributed by atoms with Crippen molar-refractivity contribution in [2.45, 2.75) is 19.3 Å². The molecule has 2 aromatic rings. The van der Waals surface area contributed by atoms with Gasteiger partial charge in [-0.3, -0.25) is 0 Å². The maximum absolute atomic E-state index is 11.5. The summed E-state index contributed by atoms with van der Waals surface area (Å²) in [5, 5.41) is 9.42. The van der Waals surface area contributed by atoms with E-state index in [-0.39, 0.29) is 5.56 Å². The molecule has 2 heterocycles. The van der Waals surface area contributed by atoms with E-state index in [2.05, 4.69) is 11.1 Å². The van der Waals surface area contributed by atoms with Gasteiger partial charge < -0.3 is 15.7 Å². The van der Waals surface area contributed by atoms with Gasteiger partial charge in [0.2, 0.25) is 0 Å². The lowest BCUT2D eigenvalue weighted by Gasteiger charge is -2.25. The highest BCUT2D eigenvalue weighted by Crippen LogP contribution is 2.33. The number of benzene rings is 1. The van der Waals surface area contributed by atoms with E-state index in [1.807, 2.05) is 23.1 Å². The van der Waals surface area contributed by atoms with Crippen LogP contribution in [-0.2, 0) is 6.42 Å². The van der Waals surface area contributed by atoms with E-state index < -0.39 is 5.97 Å². The van der Waals surface area contributed by atoms with Gasteiger partial charge in [-0.25, -0.2) is 9.78 Å². The summed E-state index contributed by atoms with van der Waals surface area (Å²) < 4.78 is 0. The number of nitrogens with two attached hydrogens (primary N) is 1. The van der Waals surface area contributed by atoms with E-state index in [0.29, 0.717) is 11.5 Å². The molecule has 0 saturated heterocycles. The highest BCUT2D eigenvalue weighted by Gasteiger charge is 2.22. The lowest BCUT2D eigenvalue weighted by atomic mass is 10.1. The fourth-order valence-electron chi connectivity index (χ4n) is 2.76. The third-order valence-corrected chi connectivity index (χ3v) is 3.73. The van der Waals surface area contributed by atoms with Gasteiger partial charge in [-0.15, -0.1) is 0 Å². The van der Waals surface area contributed by atoms with E-state index >= 15 is 0 Å². The fourth-order valence-corrected chi connectivity index (χ4v) is 2.76. The van der Waals surface area contributed by atoms with Gasteiger partial charge >= 0.3 is 5.97 Å². The van der Waals surface area contributed by atoms with E-state index in [9.17, 15) is 9.90 Å². The second-order valence-corrected chi connectivity index (χ2v) is 5.18. The van der Waals surface area contributed by atoms with Gasteiger partial charge in [0.05, 0.1) is 11.9 Å². The third-order valence-electron chi connectivity index (χ3n) is 3.73. The number of aryl methyl sites for hydroxylation is 1. The van der Waals surface area contributed by atoms with Gasteiger partial charge in [0.15, 0.2) is 0 Å². The second-order valence-electron chi connectivity index (χ2n) is 5.18. The molecule has 108 valence electrons. The molecule has 1 aromatic carbocycles. The van der Waals surface area contributed by atoms with Crippen LogP contribution in [0.1, 0.15) is 28.8 Å². The molecule has 21 heavy (non-hydrogen) atoms. The van der Waals surface area contributed by atoms with Gasteiger partial charge in [-0.1, -0.05) is 18.2 Å². The first-order chi connectivity index (χ1) is 10.2. The molecule has 0 fully saturated rings. The summed E-state index contributed by atoms with van der Waals surface area (Å²) in [4.78, 5) is 17.8. The number of carbonyl (C=O) groups is 1. The first kappa shape index (κ1) is 13.4. The molecule has 3 N–H and O–H groups in total. The van der Waals surface area contributed by atoms with E-state index in [1.165, 1.54) is 17.8 Å². The summed E-state index contributed by atoms with van der Waals surface area (Å²) in [6, 6.07) is 9.56. The topological polar surface area (TPSA) is 79.5 Å². The predicted molar refractivity (Wildman–Crippen MR) is 82.0 cm³/mol. The van der Waals surface area contributed by atoms with Crippen molar-refractivity contribution in [3.8, 4) is 0 Å². The zero-order chi connectivity index (χ0) is 14.8. The predicted octanol–water partition coefficient (Wildman–Crippen LogP) is 2.84. The molecule has 0 bridgehead atoms. The summed E-state index contributed by atoms with van der Waals surface area (Å²) in [6.07, 6.45) is 4.60. The van der Waals surface area contributed by atoms with Gasteiger partial charge in [0.25, 0.3) is 0 Å². The van der Waals surface area contributed by atoms with Crippen LogP contribution in [0.4, 0.5) is 17.2 Å². The number of nitrogens with zero attached hydrogens (tertiary/aromatic N) is 2. The number of aromatic carboxylic acids is 1. The molecule has 0 radical (unpaired) electrons. The lowest BCUT2D eigenvalue weighted by molar-refractivity contribution is 0.0697. The van der Waals surface area contributed by atoms with Gasteiger partial charge in [-0.2, -0.15) is 0 Å². The second kappa shape index (κ2) is 5.44. The Labute approximate surface area is 123 Å². The SMILES string of the molecule is Nc1cnc(N2CCCCc3ccccc32)c(C(=O)O)c1. The summed E-state index contributed by atoms with van der Waals surface area (Å²) in [6.45, 7) is 0.758. The zero-order valence-electron chi connectivity index (χ0n) is 11.6. The molecule has 5 nitrogen and oxygen atoms in total. The molecule has 0 atom stereocenters. The van der Waals surface area contributed by atoms with Crippen LogP contribution < -0.4 is 10.6 Å². The minimum absolute atomic E-state index is 0.145. The standard InChI is InChI=1S/C16H17N3O2/c17-12-9-13(16(20)21)15(18-10-12)19-8-4-3-6-11-5-1-2-7-14(11)19/h1-2,5,7,9-10H,3-4,6,8,17H2,(H,20,21). The van der Waals surface area contributed by atoms with Crippen molar-refractivity contribution in [3.63, 3.8) is 0 Å². The number of pyridine rings is 1. The Morgan fingerprint density at radius 2 is 2.10 bits per heavy atom. The van der Waals surface area contributed by atoms with E-state index in [1.54, 1.807) is 0 Å². The minimum atomic E-state index is -1.01. The number of aromatic nitrogens is 1. The Morgan fingerprint density at radius 1 is 1.29 bits per heavy atom. The van der Waals surface area contributed by atoms with Crippen LogP contribution in [-0.4, -0.2) is 22.6 Å². The van der Waals surface area contributed by atoms with Crippen LogP contribution in [0.25, 0.3) is 0 Å². The zero-order valence-corrected chi connectivity index (χ0v) is 11.6. The molecule has 1 aliphatic rings. The Bertz CT molecular complexity index is 685. The highest BCUT2D eigenvalue weighted by molar-refractivity contribution is 5.95. The number of hydrogen-bond donors (Lipinski definition) is 2. The van der Waals surface area contributed by atoms with Crippen LogP contribution in [0, 0.1) is 0 Å². The lowest BCUT2D eigenvalue weighted by Crippen LogP contribution is -2.22. The summed E-state index contributed by atoms with van der Waals surface area (Å²) in [5.74, 6) is -0.544. The number of fused-ring (bicyclic) bond motifs is 1. The van der Waals surface area contributed by atoms with Crippen LogP contribution in [0.2, 0.25) is 0 Å². The van der Waals surface area contributed by atoms with Crippen LogP contribution >= 0.6 is 0 Å². The third kappa shape index (κ3) is 2.54. The number of hydrogen-bond acceptors (Lipinski definition) is 4. The van der Waals surface area contributed by atoms with Crippen molar-refractivity contribution in [1.29, 1.82) is 0 Å². The number of carboxylic acid groups (broad SMARTS) is 1. The highest BCUT2D eigenvalue weighted by atomic mass is 16.4. The summed E-state index contributed by atoms with van der Waals surface area (Å²) in [7, 11) is 0. The molecular formula is C16H17N3O2. The molecule has 5 heteroatoms. The first-order valence-corrected chi connectivity index (χ1v) is 7.01. The van der Waals surface area contributed by atoms with Gasteiger partial charge in [-0.05, 0) is 37.0 Å². The van der Waals surface area contributed by atoms with Crippen LogP contribution in [0.5, 0.6) is 0 Å². The number of anilines is 3. The molecule has 1 aliphatic heterocycles. The van der Waals surface area contributed by atoms with Crippen molar-refractivity contribution in [1.82, 2.24) is 4.98 Å². The van der Waals surface area contributed by atoms with Crippen LogP contribution in [0.3, 0.4) is 0 Å². The quantitative estimate of drug-likeness (QED) is 0.886. The number of carboxylic acids is 1. The van der Waals surface area contributed by atoms with Crippen molar-refractivity contribution >= 4 is 23.2 Å². The maximum Gasteiger partial charge on any atom is 0.339 e. The Morgan fingerprint density at radius 3 is 2.90 bits per heavy atom. The van der Waals surface area contributed by atoms with Crippen molar-refractivity contribution in [2.75, 3.05) is 17.2 Å². The largest absolute Gasteiger partial charge is 0.478 e. The van der Waals surface area contributed by atoms with Crippen LogP contribution in [0.15, 0.2) is 36.5 Å². The van der Waals surface area contributed by atoms with E-state index in [4.69, 9.17) is 5.73 Å². The molecular weight excluding hydrogens is 266 g/mol. The Kier molecular flexibility index (Phi) is 3.48. The van der Waals surface area contributed by atoms with Crippen molar-refractivity contribution in [2.24, 2.45) is 0 Å². The smallest absolute Gasteiger partial charge is 0.339 e. The first-order valence-electron chi connectivity index (χ1n) is 7.01. The molecule has 1 aromatic heterocycles. The monoisotopic (exact) mass is 283 g/mol. The normalized spacial score (nSPS) is 14.4. The number of nitrogen functional groups attached to an aromatic ring is 1. The van der Waals surface area contributed by atoms with Crippen molar-refractivity contribution < 1.29 is 9.90 Å². The number of rotatable bonds is 2. The molecule has 0 spiro atoms. The molecule has 0 amide bonds. The van der Waals surface area contributed by atoms with E-state index in [0.717, 1.165) is 31.5 Å².